The highest BCUT2D eigenvalue weighted by atomic mass is 19.1. The molecule has 0 fully saturated rings. The molecule has 0 amide bonds. The summed E-state index contributed by atoms with van der Waals surface area (Å²) in [5, 5.41) is 0.758. The van der Waals surface area contributed by atoms with E-state index in [1.165, 1.54) is 18.2 Å². The number of fused-ring (bicyclic) bond motifs is 1. The average molecular weight is 448 g/mol. The summed E-state index contributed by atoms with van der Waals surface area (Å²) in [6.45, 7) is 9.82. The van der Waals surface area contributed by atoms with E-state index in [2.05, 4.69) is 13.8 Å². The van der Waals surface area contributed by atoms with Gasteiger partial charge in [0.2, 0.25) is 0 Å². The van der Waals surface area contributed by atoms with E-state index in [4.69, 9.17) is 9.15 Å². The monoisotopic (exact) mass is 447 g/mol. The van der Waals surface area contributed by atoms with E-state index in [1.54, 1.807) is 18.2 Å². The van der Waals surface area contributed by atoms with Gasteiger partial charge in [0, 0.05) is 34.1 Å². The molecule has 0 radical (unpaired) electrons. The van der Waals surface area contributed by atoms with Crippen molar-refractivity contribution >= 4 is 16.9 Å². The second-order valence-electron chi connectivity index (χ2n) is 8.62. The van der Waals surface area contributed by atoms with Crippen LogP contribution in [0.25, 0.3) is 16.7 Å². The molecule has 0 bridgehead atoms. The molecule has 0 aliphatic carbocycles. The van der Waals surface area contributed by atoms with Crippen LogP contribution in [0.1, 0.15) is 58.2 Å². The molecule has 2 heterocycles. The molecular weight excluding hydrogens is 421 g/mol. The number of carbonyl (C=O) groups is 1. The van der Waals surface area contributed by atoms with Gasteiger partial charge < -0.3 is 13.7 Å². The maximum absolute atomic E-state index is 13.3. The summed E-state index contributed by atoms with van der Waals surface area (Å²) in [5.41, 5.74) is 5.48. The smallest absolute Gasteiger partial charge is 0.340 e. The third-order valence-corrected chi connectivity index (χ3v) is 5.93. The van der Waals surface area contributed by atoms with Gasteiger partial charge in [-0.15, -0.1) is 0 Å². The van der Waals surface area contributed by atoms with E-state index in [0.717, 1.165) is 27.9 Å². The van der Waals surface area contributed by atoms with Crippen molar-refractivity contribution in [3.8, 4) is 5.69 Å². The number of benzene rings is 2. The maximum atomic E-state index is 13.3. The molecule has 0 aliphatic rings. The van der Waals surface area contributed by atoms with Crippen LogP contribution in [-0.2, 0) is 11.3 Å². The van der Waals surface area contributed by atoms with Gasteiger partial charge in [-0.05, 0) is 80.3 Å². The second kappa shape index (κ2) is 8.70. The Morgan fingerprint density at radius 3 is 2.42 bits per heavy atom. The molecule has 170 valence electrons. The predicted molar refractivity (Wildman–Crippen MR) is 126 cm³/mol. The fraction of sp³-hybridized carbons (Fsp3) is 0.259. The van der Waals surface area contributed by atoms with E-state index < -0.39 is 11.6 Å². The molecule has 4 rings (SSSR count). The van der Waals surface area contributed by atoms with Gasteiger partial charge in [0.15, 0.2) is 0 Å². The average Bonchev–Trinajstić information content (AvgIpc) is 3.05. The first-order valence-electron chi connectivity index (χ1n) is 10.8. The fourth-order valence-electron chi connectivity index (χ4n) is 4.31. The second-order valence-corrected chi connectivity index (χ2v) is 8.62. The number of hydrogen-bond donors (Lipinski definition) is 0. The summed E-state index contributed by atoms with van der Waals surface area (Å²) in [5.74, 6) is -0.515. The highest BCUT2D eigenvalue weighted by Crippen LogP contribution is 2.28. The highest BCUT2D eigenvalue weighted by molar-refractivity contribution is 5.91. The molecule has 0 aliphatic heterocycles. The number of nitrogens with zero attached hydrogens (tertiary/aromatic N) is 1. The van der Waals surface area contributed by atoms with Gasteiger partial charge in [-0.25, -0.2) is 14.0 Å². The molecule has 0 unspecified atom stereocenters. The number of esters is 1. The van der Waals surface area contributed by atoms with Crippen molar-refractivity contribution < 1.29 is 18.3 Å². The molecule has 2 aromatic carbocycles. The number of rotatable bonds is 5. The first-order valence-corrected chi connectivity index (χ1v) is 10.8. The highest BCUT2D eigenvalue weighted by Gasteiger charge is 2.19. The number of hydrogen-bond acceptors (Lipinski definition) is 4. The van der Waals surface area contributed by atoms with Crippen molar-refractivity contribution in [1.82, 2.24) is 4.57 Å². The Morgan fingerprint density at radius 1 is 1.06 bits per heavy atom. The van der Waals surface area contributed by atoms with E-state index in [1.807, 2.05) is 37.5 Å². The van der Waals surface area contributed by atoms with E-state index in [-0.39, 0.29) is 12.4 Å². The topological polar surface area (TPSA) is 61.4 Å². The minimum absolute atomic E-state index is 0.0538. The minimum atomic E-state index is -0.492. The Balaban J connectivity index is 1.65. The normalized spacial score (nSPS) is 11.4. The Kier molecular flexibility index (Phi) is 5.93. The zero-order valence-corrected chi connectivity index (χ0v) is 19.4. The minimum Gasteiger partial charge on any atom is -0.457 e. The van der Waals surface area contributed by atoms with Crippen LogP contribution in [0.4, 0.5) is 4.39 Å². The number of ether oxygens (including phenoxy) is 1. The first kappa shape index (κ1) is 22.5. The fourth-order valence-corrected chi connectivity index (χ4v) is 4.31. The lowest BCUT2D eigenvalue weighted by Crippen LogP contribution is -2.09. The molecule has 0 saturated heterocycles. The molecule has 4 aromatic rings. The number of aromatic nitrogens is 1. The zero-order chi connectivity index (χ0) is 23.9. The van der Waals surface area contributed by atoms with Gasteiger partial charge in [-0.2, -0.15) is 0 Å². The Morgan fingerprint density at radius 2 is 1.76 bits per heavy atom. The van der Waals surface area contributed by atoms with Crippen molar-refractivity contribution in [3.05, 3.63) is 98.4 Å². The van der Waals surface area contributed by atoms with Crippen LogP contribution in [0.5, 0.6) is 0 Å². The summed E-state index contributed by atoms with van der Waals surface area (Å²) in [4.78, 5) is 25.0. The SMILES string of the molecule is Cc1cc2oc(=O)cc(COC(=O)c3cc(C)n(-c4ccc(F)cc4)c3C)c2cc1C(C)C. The summed E-state index contributed by atoms with van der Waals surface area (Å²) in [7, 11) is 0. The summed E-state index contributed by atoms with van der Waals surface area (Å²) in [6, 6.07) is 13.1. The molecule has 0 saturated carbocycles. The van der Waals surface area contributed by atoms with Crippen LogP contribution in [0.2, 0.25) is 0 Å². The zero-order valence-electron chi connectivity index (χ0n) is 19.4. The van der Waals surface area contributed by atoms with E-state index in [0.29, 0.717) is 28.3 Å². The first-order chi connectivity index (χ1) is 15.7. The number of carbonyl (C=O) groups excluding carboxylic acids is 1. The van der Waals surface area contributed by atoms with Gasteiger partial charge in [-0.3, -0.25) is 0 Å². The summed E-state index contributed by atoms with van der Waals surface area (Å²) >= 11 is 0. The van der Waals surface area contributed by atoms with Crippen molar-refractivity contribution in [2.24, 2.45) is 0 Å². The molecule has 5 nitrogen and oxygen atoms in total. The summed E-state index contributed by atoms with van der Waals surface area (Å²) < 4.78 is 26.2. The summed E-state index contributed by atoms with van der Waals surface area (Å²) in [6.07, 6.45) is 0. The van der Waals surface area contributed by atoms with Crippen LogP contribution >= 0.6 is 0 Å². The van der Waals surface area contributed by atoms with Crippen LogP contribution in [0.3, 0.4) is 0 Å². The lowest BCUT2D eigenvalue weighted by molar-refractivity contribution is 0.0473. The van der Waals surface area contributed by atoms with Crippen LogP contribution in [-0.4, -0.2) is 10.5 Å². The third-order valence-electron chi connectivity index (χ3n) is 5.93. The third kappa shape index (κ3) is 4.33. The molecular formula is C27H26FNO4. The molecule has 33 heavy (non-hydrogen) atoms. The maximum Gasteiger partial charge on any atom is 0.340 e. The predicted octanol–water partition coefficient (Wildman–Crippen LogP) is 6.13. The van der Waals surface area contributed by atoms with Gasteiger partial charge in [0.1, 0.15) is 18.0 Å². The van der Waals surface area contributed by atoms with Gasteiger partial charge in [0.25, 0.3) is 0 Å². The van der Waals surface area contributed by atoms with Crippen molar-refractivity contribution in [3.63, 3.8) is 0 Å². The van der Waals surface area contributed by atoms with Crippen molar-refractivity contribution in [2.45, 2.75) is 47.1 Å². The van der Waals surface area contributed by atoms with Gasteiger partial charge >= 0.3 is 11.6 Å². The van der Waals surface area contributed by atoms with Gasteiger partial charge in [-0.1, -0.05) is 13.8 Å². The molecule has 2 aromatic heterocycles. The molecule has 0 N–H and O–H groups in total. The standard InChI is InChI=1S/C27H26FNO4/c1-15(2)22-13-24-19(12-26(30)33-25(24)10-16(22)3)14-32-27(31)23-11-17(4)29(18(23)5)21-8-6-20(28)7-9-21/h6-13,15H,14H2,1-5H3. The van der Waals surface area contributed by atoms with E-state index in [9.17, 15) is 14.0 Å². The lowest BCUT2D eigenvalue weighted by atomic mass is 9.95. The van der Waals surface area contributed by atoms with Crippen molar-refractivity contribution in [2.75, 3.05) is 0 Å². The van der Waals surface area contributed by atoms with Crippen LogP contribution in [0, 0.1) is 26.6 Å². The molecule has 0 spiro atoms. The quantitative estimate of drug-likeness (QED) is 0.273. The lowest BCUT2D eigenvalue weighted by Gasteiger charge is -2.13. The van der Waals surface area contributed by atoms with E-state index >= 15 is 0 Å². The van der Waals surface area contributed by atoms with Crippen molar-refractivity contribution in [1.29, 1.82) is 0 Å². The Bertz CT molecular complexity index is 1410. The largest absolute Gasteiger partial charge is 0.457 e. The molecule has 6 heteroatoms. The Labute approximate surface area is 191 Å². The molecule has 0 atom stereocenters. The number of halogens is 1. The van der Waals surface area contributed by atoms with Crippen LogP contribution < -0.4 is 5.63 Å². The number of aryl methyl sites for hydroxylation is 2. The van der Waals surface area contributed by atoms with Crippen LogP contribution in [0.15, 0.2) is 57.7 Å². The van der Waals surface area contributed by atoms with Gasteiger partial charge in [0.05, 0.1) is 5.56 Å². The Hall–Kier alpha value is -3.67.